The number of hydrogen-bond acceptors (Lipinski definition) is 5. The van der Waals surface area contributed by atoms with Gasteiger partial charge in [-0.15, -0.1) is 0 Å². The summed E-state index contributed by atoms with van der Waals surface area (Å²) >= 11 is 0. The van der Waals surface area contributed by atoms with Crippen molar-refractivity contribution in [2.45, 2.75) is 6.92 Å². The number of carbonyl (C=O) groups excluding carboxylic acids is 1. The first-order chi connectivity index (χ1) is 10.1. The third-order valence-corrected chi connectivity index (χ3v) is 3.41. The Labute approximate surface area is 124 Å². The summed E-state index contributed by atoms with van der Waals surface area (Å²) in [5.74, 6) is 1.30. The Hall–Kier alpha value is -2.37. The van der Waals surface area contributed by atoms with Gasteiger partial charge in [0.2, 0.25) is 11.9 Å². The Bertz CT molecular complexity index is 643. The van der Waals surface area contributed by atoms with Gasteiger partial charge in [0, 0.05) is 33.1 Å². The second kappa shape index (κ2) is 6.39. The van der Waals surface area contributed by atoms with Gasteiger partial charge in [-0.3, -0.25) is 4.79 Å². The summed E-state index contributed by atoms with van der Waals surface area (Å²) in [7, 11) is 5.38. The highest BCUT2D eigenvalue weighted by atomic mass is 16.1. The molecule has 0 saturated heterocycles. The minimum atomic E-state index is -0.119. The fourth-order valence-electron chi connectivity index (χ4n) is 2.29. The Morgan fingerprint density at radius 3 is 2.67 bits per heavy atom. The molecule has 0 saturated carbocycles. The summed E-state index contributed by atoms with van der Waals surface area (Å²) in [6, 6.07) is 7.86. The predicted molar refractivity (Wildman–Crippen MR) is 85.6 cm³/mol. The Kier molecular flexibility index (Phi) is 4.57. The van der Waals surface area contributed by atoms with E-state index < -0.39 is 0 Å². The van der Waals surface area contributed by atoms with Crippen molar-refractivity contribution in [3.63, 3.8) is 0 Å². The van der Waals surface area contributed by atoms with Gasteiger partial charge < -0.3 is 15.5 Å². The van der Waals surface area contributed by atoms with Crippen molar-refractivity contribution in [1.29, 1.82) is 0 Å². The third kappa shape index (κ3) is 3.21. The number of para-hydroxylation sites is 1. The first kappa shape index (κ1) is 15.0. The number of nitrogens with one attached hydrogen (secondary N) is 2. The molecular weight excluding hydrogens is 266 g/mol. The summed E-state index contributed by atoms with van der Waals surface area (Å²) in [5.41, 5.74) is 0.881. The van der Waals surface area contributed by atoms with Gasteiger partial charge in [-0.05, 0) is 12.1 Å². The highest BCUT2D eigenvalue weighted by molar-refractivity contribution is 5.90. The normalized spacial score (nSPS) is 12.0. The standard InChI is InChI=1S/C15H21N5O/c1-10(14(21)16-2)9-20(4)13-11-7-5-6-8-12(11)18-15(17-3)19-13/h5-8,10H,9H2,1-4H3,(H,16,21)(H,17,18,19). The van der Waals surface area contributed by atoms with Crippen molar-refractivity contribution in [3.05, 3.63) is 24.3 Å². The molecule has 1 amide bonds. The third-order valence-electron chi connectivity index (χ3n) is 3.41. The van der Waals surface area contributed by atoms with E-state index in [0.29, 0.717) is 12.5 Å². The van der Waals surface area contributed by atoms with E-state index in [-0.39, 0.29) is 11.8 Å². The Morgan fingerprint density at radius 1 is 1.29 bits per heavy atom. The zero-order valence-corrected chi connectivity index (χ0v) is 12.8. The SMILES string of the molecule is CNC(=O)C(C)CN(C)c1nc(NC)nc2ccccc12. The van der Waals surface area contributed by atoms with Crippen LogP contribution in [-0.2, 0) is 4.79 Å². The number of benzene rings is 1. The first-order valence-corrected chi connectivity index (χ1v) is 6.94. The van der Waals surface area contributed by atoms with Crippen LogP contribution in [0.25, 0.3) is 10.9 Å². The molecule has 0 bridgehead atoms. The highest BCUT2D eigenvalue weighted by Gasteiger charge is 2.17. The van der Waals surface area contributed by atoms with E-state index in [2.05, 4.69) is 20.6 Å². The number of nitrogens with zero attached hydrogens (tertiary/aromatic N) is 3. The second-order valence-corrected chi connectivity index (χ2v) is 5.03. The van der Waals surface area contributed by atoms with E-state index in [4.69, 9.17) is 0 Å². The van der Waals surface area contributed by atoms with E-state index in [9.17, 15) is 4.79 Å². The van der Waals surface area contributed by atoms with Crippen molar-refractivity contribution < 1.29 is 4.79 Å². The van der Waals surface area contributed by atoms with Crippen LogP contribution in [0, 0.1) is 5.92 Å². The molecule has 2 rings (SSSR count). The van der Waals surface area contributed by atoms with Crippen LogP contribution in [0.4, 0.5) is 11.8 Å². The minimum absolute atomic E-state index is 0.0223. The monoisotopic (exact) mass is 287 g/mol. The Morgan fingerprint density at radius 2 is 2.00 bits per heavy atom. The molecule has 21 heavy (non-hydrogen) atoms. The maximum absolute atomic E-state index is 11.7. The van der Waals surface area contributed by atoms with Crippen LogP contribution in [-0.4, -0.2) is 43.6 Å². The molecule has 1 heterocycles. The lowest BCUT2D eigenvalue weighted by Crippen LogP contribution is -2.34. The van der Waals surface area contributed by atoms with Gasteiger partial charge in [0.05, 0.1) is 11.4 Å². The van der Waals surface area contributed by atoms with Crippen molar-refractivity contribution in [1.82, 2.24) is 15.3 Å². The summed E-state index contributed by atoms with van der Waals surface area (Å²) in [6.45, 7) is 2.49. The van der Waals surface area contributed by atoms with Crippen LogP contribution >= 0.6 is 0 Å². The van der Waals surface area contributed by atoms with Crippen molar-refractivity contribution in [3.8, 4) is 0 Å². The molecular formula is C15H21N5O. The molecule has 1 aromatic carbocycles. The van der Waals surface area contributed by atoms with E-state index in [1.54, 1.807) is 14.1 Å². The van der Waals surface area contributed by atoms with E-state index >= 15 is 0 Å². The zero-order valence-electron chi connectivity index (χ0n) is 12.8. The van der Waals surface area contributed by atoms with Crippen LogP contribution in [0.5, 0.6) is 0 Å². The summed E-state index contributed by atoms with van der Waals surface area (Å²) in [4.78, 5) is 22.6. The lowest BCUT2D eigenvalue weighted by Gasteiger charge is -2.23. The van der Waals surface area contributed by atoms with Crippen LogP contribution in [0.2, 0.25) is 0 Å². The molecule has 2 N–H and O–H groups in total. The average molecular weight is 287 g/mol. The topological polar surface area (TPSA) is 70.2 Å². The van der Waals surface area contributed by atoms with Gasteiger partial charge in [0.15, 0.2) is 0 Å². The zero-order chi connectivity index (χ0) is 15.4. The van der Waals surface area contributed by atoms with Crippen LogP contribution in [0.1, 0.15) is 6.92 Å². The summed E-state index contributed by atoms with van der Waals surface area (Å²) < 4.78 is 0. The summed E-state index contributed by atoms with van der Waals surface area (Å²) in [6.07, 6.45) is 0. The van der Waals surface area contributed by atoms with Gasteiger partial charge >= 0.3 is 0 Å². The molecule has 0 aliphatic carbocycles. The molecule has 6 heteroatoms. The van der Waals surface area contributed by atoms with Crippen molar-refractivity contribution in [2.24, 2.45) is 5.92 Å². The van der Waals surface area contributed by atoms with Crippen molar-refractivity contribution in [2.75, 3.05) is 37.9 Å². The van der Waals surface area contributed by atoms with Gasteiger partial charge in [-0.2, -0.15) is 4.98 Å². The number of aromatic nitrogens is 2. The van der Waals surface area contributed by atoms with Gasteiger partial charge in [-0.25, -0.2) is 4.98 Å². The molecule has 1 unspecified atom stereocenters. The lowest BCUT2D eigenvalue weighted by atomic mass is 10.1. The smallest absolute Gasteiger partial charge is 0.224 e. The van der Waals surface area contributed by atoms with Crippen molar-refractivity contribution >= 4 is 28.6 Å². The van der Waals surface area contributed by atoms with E-state index in [1.165, 1.54) is 0 Å². The summed E-state index contributed by atoms with van der Waals surface area (Å²) in [5, 5.41) is 6.62. The fraction of sp³-hybridized carbons (Fsp3) is 0.400. The van der Waals surface area contributed by atoms with E-state index in [0.717, 1.165) is 16.7 Å². The largest absolute Gasteiger partial charge is 0.359 e. The van der Waals surface area contributed by atoms with Gasteiger partial charge in [0.25, 0.3) is 0 Å². The molecule has 0 spiro atoms. The fourth-order valence-corrected chi connectivity index (χ4v) is 2.29. The van der Waals surface area contributed by atoms with Gasteiger partial charge in [-0.1, -0.05) is 19.1 Å². The predicted octanol–water partition coefficient (Wildman–Crippen LogP) is 1.49. The number of rotatable bonds is 5. The first-order valence-electron chi connectivity index (χ1n) is 6.94. The average Bonchev–Trinajstić information content (AvgIpc) is 2.52. The Balaban J connectivity index is 2.37. The molecule has 0 aliphatic rings. The molecule has 0 aliphatic heterocycles. The molecule has 2 aromatic rings. The molecule has 1 atom stereocenters. The second-order valence-electron chi connectivity index (χ2n) is 5.03. The number of amides is 1. The number of fused-ring (bicyclic) bond motifs is 1. The van der Waals surface area contributed by atoms with Gasteiger partial charge in [0.1, 0.15) is 5.82 Å². The maximum Gasteiger partial charge on any atom is 0.224 e. The molecule has 0 radical (unpaired) electrons. The molecule has 112 valence electrons. The molecule has 0 fully saturated rings. The quantitative estimate of drug-likeness (QED) is 0.872. The van der Waals surface area contributed by atoms with Crippen LogP contribution < -0.4 is 15.5 Å². The molecule has 1 aromatic heterocycles. The number of hydrogen-bond donors (Lipinski definition) is 2. The molecule has 6 nitrogen and oxygen atoms in total. The van der Waals surface area contributed by atoms with Crippen LogP contribution in [0.15, 0.2) is 24.3 Å². The number of carbonyl (C=O) groups is 1. The lowest BCUT2D eigenvalue weighted by molar-refractivity contribution is -0.123. The number of anilines is 2. The van der Waals surface area contributed by atoms with Crippen LogP contribution in [0.3, 0.4) is 0 Å². The highest BCUT2D eigenvalue weighted by Crippen LogP contribution is 2.24. The maximum atomic E-state index is 11.7. The minimum Gasteiger partial charge on any atom is -0.359 e. The van der Waals surface area contributed by atoms with E-state index in [1.807, 2.05) is 43.1 Å².